The van der Waals surface area contributed by atoms with E-state index in [-0.39, 0.29) is 68.2 Å². The van der Waals surface area contributed by atoms with Crippen molar-refractivity contribution in [2.75, 3.05) is 61.7 Å². The van der Waals surface area contributed by atoms with Crippen molar-refractivity contribution in [2.24, 2.45) is 34.5 Å². The third-order valence-electron chi connectivity index (χ3n) is 24.1. The number of alkyl halides is 4. The van der Waals surface area contributed by atoms with Crippen LogP contribution >= 0.6 is 45.3 Å². The number of fused-ring (bicyclic) bond motifs is 5. The molecule has 0 aromatic carbocycles. The van der Waals surface area contributed by atoms with Gasteiger partial charge in [-0.15, -0.1) is 45.3 Å². The summed E-state index contributed by atoms with van der Waals surface area (Å²) >= 11 is 5.92. The lowest BCUT2D eigenvalue weighted by Gasteiger charge is -2.28. The standard InChI is InChI=1S/C17H21N5O2S.2C16H18FN5O2S.C15H16FN5O2S.C14H16FN7O2/c1-9-12(7-23)24-14(17(9,2)3)11-6-10(16-19-4-5-25-16)13-15(18)20-8-21-22(11)13;1-16(2)12(17)10(6-23)24-13(16)9-5-8(15-19-3-4-25-15)11-14(18)20-7-21-22(9)11;1-8-11(6-23)24-13(16(8,2)17)10-5-9(15-19-3-4-25-15)12-14(18)20-7-21-22(10)12;1-7-10(5-22)23-13(11(7)16)9-4-8(15-18-2-3-24-15)12-14(17)19-6-20-21(9)12;1-6-10(4-23)24-13(11(6)15)9-2-7(8-3-18-21-20-8)12-14(16)17-5-19-22(9)12/h4-6,8-9,12,14,23H,7H2,1-3H3,(H2,18,20,21);3-5,7,10,12-13,23H,6H2,1-2H3,(H2,18,20,21);3-5,7-8,11,13,23H,6H2,1-2H3,(H2,18,20,21);2-4,6-7,10-11,13,22H,5H2,1H3,(H2,17,19,20);2-3,5-6,10-11,13,23H,4H2,1H3,(H2,16,17,19)(H,18,20,21)/t9-,12-,14+;10-,12-,13+;8-,11-,13+,16-;7-,10-,11-,13+;6-,10-,11-,13+/m11111/s1. The zero-order valence-corrected chi connectivity index (χ0v) is 70.8. The van der Waals surface area contributed by atoms with Crippen molar-refractivity contribution in [2.45, 2.75) is 148 Å². The number of nitrogens with zero attached hydrogens (tertiary/aromatic N) is 21. The lowest BCUT2D eigenvalue weighted by Crippen LogP contribution is -2.32. The van der Waals surface area contributed by atoms with Crippen LogP contribution in [0.2, 0.25) is 0 Å². The fourth-order valence-electron chi connectivity index (χ4n) is 16.7. The van der Waals surface area contributed by atoms with E-state index in [9.17, 15) is 38.7 Å². The Morgan fingerprint density at radius 3 is 1.02 bits per heavy atom. The first-order valence-electron chi connectivity index (χ1n) is 39.1. The first kappa shape index (κ1) is 85.6. The van der Waals surface area contributed by atoms with E-state index >= 15 is 4.39 Å². The van der Waals surface area contributed by atoms with Gasteiger partial charge in [-0.1, -0.05) is 55.4 Å². The Balaban J connectivity index is 0.000000114. The fourth-order valence-corrected chi connectivity index (χ4v) is 19.3. The minimum absolute atomic E-state index is 0.000858. The molecule has 20 rings (SSSR count). The number of nitrogens with two attached hydrogens (primary N) is 5. The minimum atomic E-state index is -1.67. The molecule has 0 amide bonds. The summed E-state index contributed by atoms with van der Waals surface area (Å²) in [5.41, 5.74) is 38.1. The summed E-state index contributed by atoms with van der Waals surface area (Å²) in [6.45, 7) is 15.6. The zero-order valence-electron chi connectivity index (χ0n) is 67.5. The van der Waals surface area contributed by atoms with Crippen molar-refractivity contribution in [3.8, 4) is 53.5 Å². The van der Waals surface area contributed by atoms with Crippen LogP contribution in [0, 0.1) is 34.5 Å². The van der Waals surface area contributed by atoms with Gasteiger partial charge in [-0.05, 0) is 43.2 Å². The number of anilines is 5. The summed E-state index contributed by atoms with van der Waals surface area (Å²) in [5, 5.41) is 89.7. The second-order valence-electron chi connectivity index (χ2n) is 31.8. The predicted molar refractivity (Wildman–Crippen MR) is 449 cm³/mol. The lowest BCUT2D eigenvalue weighted by molar-refractivity contribution is -0.0200. The van der Waals surface area contributed by atoms with Crippen molar-refractivity contribution in [3.05, 3.63) is 143 Å². The van der Waals surface area contributed by atoms with Gasteiger partial charge in [-0.3, -0.25) is 0 Å². The van der Waals surface area contributed by atoms with Crippen molar-refractivity contribution in [1.82, 2.24) is 108 Å². The molecule has 5 fully saturated rings. The molecule has 5 saturated heterocycles. The van der Waals surface area contributed by atoms with Gasteiger partial charge in [0, 0.05) is 103 Å². The van der Waals surface area contributed by atoms with E-state index in [4.69, 9.17) is 52.4 Å². The minimum Gasteiger partial charge on any atom is -0.394 e. The number of thiazole rings is 4. The van der Waals surface area contributed by atoms with E-state index < -0.39 is 96.2 Å². The van der Waals surface area contributed by atoms with Gasteiger partial charge in [0.2, 0.25) is 0 Å². The Hall–Kier alpha value is -10.9. The number of nitrogens with one attached hydrogen (secondary N) is 1. The summed E-state index contributed by atoms with van der Waals surface area (Å²) in [7, 11) is 0. The van der Waals surface area contributed by atoms with E-state index in [2.05, 4.69) is 107 Å². The van der Waals surface area contributed by atoms with Gasteiger partial charge in [0.05, 0.1) is 92.1 Å². The van der Waals surface area contributed by atoms with Gasteiger partial charge < -0.3 is 77.9 Å². The predicted octanol–water partition coefficient (Wildman–Crippen LogP) is 9.34. The van der Waals surface area contributed by atoms with Gasteiger partial charge >= 0.3 is 0 Å². The van der Waals surface area contributed by atoms with Gasteiger partial charge in [0.15, 0.2) is 29.1 Å². The first-order valence-corrected chi connectivity index (χ1v) is 42.6. The zero-order chi connectivity index (χ0) is 87.0. The number of aromatic amines is 1. The molecule has 18 atom stereocenters. The molecule has 0 bridgehead atoms. The number of hydrogen-bond acceptors (Lipinski definition) is 35. The van der Waals surface area contributed by atoms with Gasteiger partial charge in [0.1, 0.15) is 146 Å². The number of H-pyrrole nitrogens is 1. The Labute approximate surface area is 713 Å². The maximum atomic E-state index is 15.4. The monoisotopic (exact) mass is 1770 g/mol. The number of halogens is 4. The number of nitrogen functional groups attached to an aromatic ring is 5. The van der Waals surface area contributed by atoms with E-state index in [0.29, 0.717) is 73.6 Å². The third-order valence-corrected chi connectivity index (χ3v) is 27.3. The molecule has 648 valence electrons. The third kappa shape index (κ3) is 15.1. The molecule has 0 spiro atoms. The quantitative estimate of drug-likeness (QED) is 0.0426. The van der Waals surface area contributed by atoms with Crippen LogP contribution < -0.4 is 28.7 Å². The smallest absolute Gasteiger partial charge is 0.152 e. The highest BCUT2D eigenvalue weighted by molar-refractivity contribution is 7.14. The molecule has 45 heteroatoms. The summed E-state index contributed by atoms with van der Waals surface area (Å²) in [4.78, 5) is 37.7. The topological polar surface area (TPSA) is 521 Å². The molecular weight excluding hydrogens is 1680 g/mol. The molecule has 5 aliphatic heterocycles. The van der Waals surface area contributed by atoms with Crippen LogP contribution in [0.15, 0.2) is 114 Å². The largest absolute Gasteiger partial charge is 0.394 e. The molecule has 0 aliphatic carbocycles. The normalized spacial score (nSPS) is 27.0. The number of ether oxygens (including phenoxy) is 5. The SMILES string of the molecule is CC1(C)[C@H](F)[C@@H](CO)O[C@H]1c1cc(-c2nccs2)c2c(N)ncnn12.C[C@@H]1[C@@H](CO)O[C@@H](c2cc(-c3nccs3)c3c(N)ncnn23)C1(C)C.C[C@@H]1[C@@H](CO)O[C@@H](c2cc(-c3nccs3)c3c(N)ncnn23)[C@]1(C)F.C[C@H]1[C@@H](F)[C@H](c2cc(-c3cn[nH]n3)c3c(N)ncnn23)O[C@@H]1CO.C[C@H]1[C@@H](F)[C@H](c2cc(-c3nccs3)c3c(N)ncnn23)O[C@@H]1CO. The van der Waals surface area contributed by atoms with Crippen molar-refractivity contribution in [3.63, 3.8) is 0 Å². The van der Waals surface area contributed by atoms with Crippen LogP contribution in [0.3, 0.4) is 0 Å². The van der Waals surface area contributed by atoms with Crippen LogP contribution in [-0.4, -0.2) is 222 Å². The van der Waals surface area contributed by atoms with Crippen LogP contribution in [-0.2, 0) is 23.7 Å². The van der Waals surface area contributed by atoms with Gasteiger partial charge in [-0.25, -0.2) is 85.0 Å². The second kappa shape index (κ2) is 34.3. The first-order chi connectivity index (χ1) is 59.1. The van der Waals surface area contributed by atoms with Crippen LogP contribution in [0.1, 0.15) is 121 Å². The molecule has 16 N–H and O–H groups in total. The number of aliphatic hydroxyl groups is 5. The molecule has 0 radical (unpaired) electrons. The average molecular weight is 1770 g/mol. The molecule has 123 heavy (non-hydrogen) atoms. The number of aromatic nitrogens is 22. The average Bonchev–Trinajstić information content (AvgIpc) is 1.65. The summed E-state index contributed by atoms with van der Waals surface area (Å²) in [6, 6.07) is 9.23. The van der Waals surface area contributed by atoms with Crippen LogP contribution in [0.5, 0.6) is 0 Å². The number of aliphatic hydroxyl groups excluding tert-OH is 5. The Kier molecular flexibility index (Phi) is 23.9. The summed E-state index contributed by atoms with van der Waals surface area (Å²) in [5.74, 6) is 0.457. The molecule has 15 aromatic heterocycles. The van der Waals surface area contributed by atoms with Crippen molar-refractivity contribution in [1.29, 1.82) is 0 Å². The lowest BCUT2D eigenvalue weighted by atomic mass is 9.75. The Morgan fingerprint density at radius 1 is 0.398 bits per heavy atom. The number of rotatable bonds is 15. The molecule has 15 aromatic rings. The maximum absolute atomic E-state index is 15.4. The maximum Gasteiger partial charge on any atom is 0.152 e. The molecule has 0 saturated carbocycles. The number of hydrogen-bond donors (Lipinski definition) is 11. The highest BCUT2D eigenvalue weighted by Gasteiger charge is 2.56. The Bertz CT molecular complexity index is 5680. The van der Waals surface area contributed by atoms with E-state index in [1.807, 2.05) is 33.7 Å². The fraction of sp³-hybridized carbons (Fsp3) is 0.436. The molecule has 20 heterocycles. The van der Waals surface area contributed by atoms with Gasteiger partial charge in [0.25, 0.3) is 0 Å². The summed E-state index contributed by atoms with van der Waals surface area (Å²) < 4.78 is 97.0. The van der Waals surface area contributed by atoms with Gasteiger partial charge in [-0.2, -0.15) is 40.9 Å². The highest BCUT2D eigenvalue weighted by Crippen LogP contribution is 2.55. The summed E-state index contributed by atoms with van der Waals surface area (Å²) in [6.07, 6.45) is 5.21. The van der Waals surface area contributed by atoms with Crippen molar-refractivity contribution >= 4 is 102 Å². The molecule has 5 aliphatic rings. The molecular formula is C78H89F4N27O10S4. The van der Waals surface area contributed by atoms with Crippen molar-refractivity contribution < 1.29 is 66.8 Å². The van der Waals surface area contributed by atoms with Crippen LogP contribution in [0.25, 0.3) is 81.1 Å². The van der Waals surface area contributed by atoms with E-state index in [1.54, 1.807) is 107 Å². The second-order valence-corrected chi connectivity index (χ2v) is 35.4. The Morgan fingerprint density at radius 2 is 0.707 bits per heavy atom. The van der Waals surface area contributed by atoms with Crippen LogP contribution in [0.4, 0.5) is 46.7 Å². The van der Waals surface area contributed by atoms with E-state index in [1.165, 1.54) is 83.3 Å². The molecule has 37 nitrogen and oxygen atoms in total. The highest BCUT2D eigenvalue weighted by atomic mass is 32.1. The molecule has 0 unspecified atom stereocenters. The van der Waals surface area contributed by atoms with E-state index in [0.717, 1.165) is 53.5 Å².